The molecule has 0 amide bonds. The van der Waals surface area contributed by atoms with E-state index in [9.17, 15) is 4.79 Å². The first kappa shape index (κ1) is 13.2. The van der Waals surface area contributed by atoms with Gasteiger partial charge in [-0.1, -0.05) is 24.3 Å². The van der Waals surface area contributed by atoms with Crippen molar-refractivity contribution in [3.8, 4) is 0 Å². The van der Waals surface area contributed by atoms with Gasteiger partial charge in [-0.25, -0.2) is 0 Å². The van der Waals surface area contributed by atoms with Gasteiger partial charge >= 0.3 is 0 Å². The van der Waals surface area contributed by atoms with Crippen LogP contribution in [0.15, 0.2) is 36.4 Å². The Morgan fingerprint density at radius 3 is 3.00 bits per heavy atom. The molecule has 0 saturated carbocycles. The summed E-state index contributed by atoms with van der Waals surface area (Å²) in [6.45, 7) is 2.84. The van der Waals surface area contributed by atoms with Crippen molar-refractivity contribution in [3.05, 3.63) is 42.1 Å². The first-order valence-electron chi connectivity index (χ1n) is 6.92. The Morgan fingerprint density at radius 2 is 2.20 bits per heavy atom. The number of nitrogens with zero attached hydrogens (tertiary/aromatic N) is 1. The van der Waals surface area contributed by atoms with E-state index in [0.29, 0.717) is 6.61 Å². The summed E-state index contributed by atoms with van der Waals surface area (Å²) in [6.07, 6.45) is 0.847. The van der Waals surface area contributed by atoms with Gasteiger partial charge in [-0.05, 0) is 25.5 Å². The van der Waals surface area contributed by atoms with Crippen LogP contribution in [0.25, 0.3) is 10.9 Å². The molecule has 2 atom stereocenters. The fourth-order valence-corrected chi connectivity index (χ4v) is 2.53. The highest BCUT2D eigenvalue weighted by atomic mass is 16.5. The third kappa shape index (κ3) is 2.86. The van der Waals surface area contributed by atoms with Crippen molar-refractivity contribution in [3.63, 3.8) is 0 Å². The van der Waals surface area contributed by atoms with Gasteiger partial charge in [0.25, 0.3) is 0 Å². The van der Waals surface area contributed by atoms with Crippen LogP contribution in [-0.2, 0) is 16.1 Å². The van der Waals surface area contributed by atoms with Gasteiger partial charge < -0.3 is 10.1 Å². The van der Waals surface area contributed by atoms with Crippen molar-refractivity contribution < 1.29 is 9.53 Å². The maximum absolute atomic E-state index is 11.3. The second kappa shape index (κ2) is 5.69. The summed E-state index contributed by atoms with van der Waals surface area (Å²) in [7, 11) is 0. The topological polar surface area (TPSA) is 51.2 Å². The van der Waals surface area contributed by atoms with Gasteiger partial charge in [-0.3, -0.25) is 9.78 Å². The Bertz CT molecular complexity index is 627. The van der Waals surface area contributed by atoms with Crippen molar-refractivity contribution in [1.82, 2.24) is 10.3 Å². The number of hydrogen-bond donors (Lipinski definition) is 1. The number of fused-ring (bicyclic) bond motifs is 1. The normalized spacial score (nSPS) is 22.2. The third-order valence-electron chi connectivity index (χ3n) is 3.70. The molecule has 0 spiro atoms. The van der Waals surface area contributed by atoms with Crippen LogP contribution in [0.5, 0.6) is 0 Å². The SMILES string of the molecule is CC(=O)C1C[C@@H](OCc2ccc3ccccc3n2)CN1. The molecule has 1 unspecified atom stereocenters. The lowest BCUT2D eigenvalue weighted by Gasteiger charge is -2.10. The monoisotopic (exact) mass is 270 g/mol. The molecule has 0 aliphatic carbocycles. The number of para-hydroxylation sites is 1. The standard InChI is InChI=1S/C16H18N2O2/c1-11(19)16-8-14(9-17-16)20-10-13-7-6-12-4-2-3-5-15(12)18-13/h2-7,14,16-17H,8-10H2,1H3/t14-,16?/m1/s1. The molecule has 4 heteroatoms. The van der Waals surface area contributed by atoms with E-state index in [1.54, 1.807) is 6.92 Å². The van der Waals surface area contributed by atoms with E-state index in [2.05, 4.69) is 16.4 Å². The molecule has 0 bridgehead atoms. The number of nitrogens with one attached hydrogen (secondary N) is 1. The molecule has 1 aliphatic heterocycles. The van der Waals surface area contributed by atoms with Gasteiger partial charge in [0, 0.05) is 11.9 Å². The predicted octanol–water partition coefficient (Wildman–Crippen LogP) is 2.07. The zero-order valence-corrected chi connectivity index (χ0v) is 11.5. The number of carbonyl (C=O) groups excluding carboxylic acids is 1. The van der Waals surface area contributed by atoms with E-state index >= 15 is 0 Å². The third-order valence-corrected chi connectivity index (χ3v) is 3.70. The summed E-state index contributed by atoms with van der Waals surface area (Å²) in [5, 5.41) is 4.31. The smallest absolute Gasteiger partial charge is 0.146 e. The zero-order valence-electron chi connectivity index (χ0n) is 11.5. The fourth-order valence-electron chi connectivity index (χ4n) is 2.53. The summed E-state index contributed by atoms with van der Waals surface area (Å²) in [5.41, 5.74) is 1.91. The van der Waals surface area contributed by atoms with Crippen LogP contribution in [-0.4, -0.2) is 29.5 Å². The van der Waals surface area contributed by atoms with Crippen LogP contribution in [0.1, 0.15) is 19.0 Å². The Morgan fingerprint density at radius 1 is 1.35 bits per heavy atom. The number of rotatable bonds is 4. The summed E-state index contributed by atoms with van der Waals surface area (Å²) in [6, 6.07) is 12.0. The minimum absolute atomic E-state index is 0.0513. The first-order chi connectivity index (χ1) is 9.72. The predicted molar refractivity (Wildman–Crippen MR) is 77.4 cm³/mol. The Balaban J connectivity index is 1.61. The van der Waals surface area contributed by atoms with Crippen molar-refractivity contribution >= 4 is 16.7 Å². The highest BCUT2D eigenvalue weighted by molar-refractivity contribution is 5.81. The van der Waals surface area contributed by atoms with Crippen LogP contribution >= 0.6 is 0 Å². The molecule has 2 heterocycles. The van der Waals surface area contributed by atoms with Gasteiger partial charge in [0.05, 0.1) is 30.0 Å². The molecule has 1 saturated heterocycles. The zero-order chi connectivity index (χ0) is 13.9. The lowest BCUT2D eigenvalue weighted by atomic mass is 10.1. The highest BCUT2D eigenvalue weighted by Crippen LogP contribution is 2.15. The maximum atomic E-state index is 11.3. The van der Waals surface area contributed by atoms with E-state index in [1.807, 2.05) is 30.3 Å². The van der Waals surface area contributed by atoms with Crippen molar-refractivity contribution in [1.29, 1.82) is 0 Å². The summed E-state index contributed by atoms with van der Waals surface area (Å²) in [4.78, 5) is 15.9. The van der Waals surface area contributed by atoms with Crippen LogP contribution < -0.4 is 5.32 Å². The molecule has 104 valence electrons. The summed E-state index contributed by atoms with van der Waals surface area (Å²) >= 11 is 0. The molecule has 1 fully saturated rings. The summed E-state index contributed by atoms with van der Waals surface area (Å²) in [5.74, 6) is 0.180. The van der Waals surface area contributed by atoms with Gasteiger partial charge in [-0.15, -0.1) is 0 Å². The Kier molecular flexibility index (Phi) is 3.76. The van der Waals surface area contributed by atoms with Gasteiger partial charge in [-0.2, -0.15) is 0 Å². The lowest BCUT2D eigenvalue weighted by Crippen LogP contribution is -2.28. The molecular formula is C16H18N2O2. The van der Waals surface area contributed by atoms with Crippen molar-refractivity contribution in [2.45, 2.75) is 32.1 Å². The fraction of sp³-hybridized carbons (Fsp3) is 0.375. The molecule has 1 aromatic carbocycles. The number of benzene rings is 1. The quantitative estimate of drug-likeness (QED) is 0.924. The van der Waals surface area contributed by atoms with E-state index < -0.39 is 0 Å². The van der Waals surface area contributed by atoms with Crippen LogP contribution in [0.2, 0.25) is 0 Å². The second-order valence-corrected chi connectivity index (χ2v) is 5.24. The molecular weight excluding hydrogens is 252 g/mol. The summed E-state index contributed by atoms with van der Waals surface area (Å²) < 4.78 is 5.84. The number of aromatic nitrogens is 1. The van der Waals surface area contributed by atoms with E-state index in [4.69, 9.17) is 4.74 Å². The lowest BCUT2D eigenvalue weighted by molar-refractivity contribution is -0.118. The van der Waals surface area contributed by atoms with E-state index in [0.717, 1.165) is 29.6 Å². The molecule has 4 nitrogen and oxygen atoms in total. The van der Waals surface area contributed by atoms with Gasteiger partial charge in [0.15, 0.2) is 0 Å². The molecule has 0 radical (unpaired) electrons. The largest absolute Gasteiger partial charge is 0.371 e. The molecule has 20 heavy (non-hydrogen) atoms. The van der Waals surface area contributed by atoms with Crippen molar-refractivity contribution in [2.24, 2.45) is 0 Å². The van der Waals surface area contributed by atoms with Gasteiger partial charge in [0.1, 0.15) is 5.78 Å². The molecule has 3 rings (SSSR count). The average molecular weight is 270 g/mol. The van der Waals surface area contributed by atoms with Crippen LogP contribution in [0.3, 0.4) is 0 Å². The molecule has 1 N–H and O–H groups in total. The number of ether oxygens (including phenoxy) is 1. The second-order valence-electron chi connectivity index (χ2n) is 5.24. The van der Waals surface area contributed by atoms with E-state index in [1.165, 1.54) is 0 Å². The van der Waals surface area contributed by atoms with Gasteiger partial charge in [0.2, 0.25) is 0 Å². The first-order valence-corrected chi connectivity index (χ1v) is 6.92. The minimum atomic E-state index is -0.0513. The number of Topliss-reactive ketones (excluding diaryl/α,β-unsaturated/α-hetero) is 1. The Hall–Kier alpha value is -1.78. The molecule has 1 aliphatic rings. The number of hydrogen-bond acceptors (Lipinski definition) is 4. The molecule has 2 aromatic rings. The molecule has 1 aromatic heterocycles. The number of carbonyl (C=O) groups is 1. The van der Waals surface area contributed by atoms with Crippen LogP contribution in [0, 0.1) is 0 Å². The van der Waals surface area contributed by atoms with Crippen LogP contribution in [0.4, 0.5) is 0 Å². The minimum Gasteiger partial charge on any atom is -0.371 e. The maximum Gasteiger partial charge on any atom is 0.146 e. The number of pyridine rings is 1. The average Bonchev–Trinajstić information content (AvgIpc) is 2.94. The highest BCUT2D eigenvalue weighted by Gasteiger charge is 2.27. The van der Waals surface area contributed by atoms with E-state index in [-0.39, 0.29) is 17.9 Å². The Labute approximate surface area is 118 Å². The van der Waals surface area contributed by atoms with Crippen molar-refractivity contribution in [2.75, 3.05) is 6.54 Å². The number of ketones is 1.